The number of halogens is 1. The topological polar surface area (TPSA) is 80.0 Å². The number of benzene rings is 2. The Morgan fingerprint density at radius 1 is 1.25 bits per heavy atom. The van der Waals surface area contributed by atoms with Crippen LogP contribution in [-0.2, 0) is 7.05 Å². The lowest BCUT2D eigenvalue weighted by Crippen LogP contribution is -2.31. The molecule has 0 aliphatic heterocycles. The highest BCUT2D eigenvalue weighted by atomic mass is 19.1. The van der Waals surface area contributed by atoms with E-state index < -0.39 is 5.82 Å². The molecule has 2 N–H and O–H groups in total. The molecule has 1 aromatic heterocycles. The van der Waals surface area contributed by atoms with Crippen LogP contribution in [0.1, 0.15) is 42.5 Å². The van der Waals surface area contributed by atoms with E-state index in [4.69, 9.17) is 0 Å². The van der Waals surface area contributed by atoms with Crippen LogP contribution in [-0.4, -0.2) is 25.8 Å². The number of phenolic OH excluding ortho intramolecular Hbond substituents is 1. The first-order valence-corrected chi connectivity index (χ1v) is 9.09. The van der Waals surface area contributed by atoms with Crippen molar-refractivity contribution in [1.82, 2.24) is 20.1 Å². The highest BCUT2D eigenvalue weighted by Crippen LogP contribution is 2.30. The van der Waals surface area contributed by atoms with Gasteiger partial charge in [0.1, 0.15) is 23.7 Å². The van der Waals surface area contributed by atoms with Gasteiger partial charge in [-0.25, -0.2) is 9.37 Å². The molecule has 7 heteroatoms. The van der Waals surface area contributed by atoms with Crippen molar-refractivity contribution in [2.24, 2.45) is 13.0 Å². The van der Waals surface area contributed by atoms with E-state index >= 15 is 0 Å². The molecule has 0 aliphatic carbocycles. The van der Waals surface area contributed by atoms with E-state index in [0.717, 1.165) is 12.5 Å². The van der Waals surface area contributed by atoms with E-state index in [2.05, 4.69) is 29.2 Å². The molecule has 28 heavy (non-hydrogen) atoms. The number of nitrogens with zero attached hydrogens (tertiary/aromatic N) is 3. The second-order valence-electron chi connectivity index (χ2n) is 7.14. The number of carbonyl (C=O) groups is 1. The minimum atomic E-state index is -0.518. The van der Waals surface area contributed by atoms with Crippen molar-refractivity contribution in [2.45, 2.75) is 26.3 Å². The van der Waals surface area contributed by atoms with Gasteiger partial charge in [0.2, 0.25) is 0 Å². The van der Waals surface area contributed by atoms with Gasteiger partial charge in [0.25, 0.3) is 5.91 Å². The maximum atomic E-state index is 13.2. The number of phenols is 1. The molecule has 0 saturated carbocycles. The summed E-state index contributed by atoms with van der Waals surface area (Å²) < 4.78 is 14.9. The summed E-state index contributed by atoms with van der Waals surface area (Å²) in [4.78, 5) is 17.1. The van der Waals surface area contributed by atoms with E-state index in [9.17, 15) is 14.3 Å². The third-order valence-electron chi connectivity index (χ3n) is 4.47. The molecular weight excluding hydrogens is 359 g/mol. The fourth-order valence-corrected chi connectivity index (χ4v) is 3.14. The molecule has 1 atom stereocenters. The number of amides is 1. The number of aromatic hydroxyl groups is 1. The third kappa shape index (κ3) is 4.36. The van der Waals surface area contributed by atoms with Crippen LogP contribution >= 0.6 is 0 Å². The Hall–Kier alpha value is -3.22. The zero-order chi connectivity index (χ0) is 20.3. The molecule has 0 bridgehead atoms. The lowest BCUT2D eigenvalue weighted by Gasteiger charge is -2.20. The molecule has 1 heterocycles. The normalized spacial score (nSPS) is 12.2. The first kappa shape index (κ1) is 19.5. The van der Waals surface area contributed by atoms with Crippen molar-refractivity contribution < 1.29 is 14.3 Å². The van der Waals surface area contributed by atoms with Gasteiger partial charge in [-0.05, 0) is 42.2 Å². The smallest absolute Gasteiger partial charge is 0.251 e. The molecular formula is C21H23FN4O2. The maximum Gasteiger partial charge on any atom is 0.251 e. The van der Waals surface area contributed by atoms with E-state index in [0.29, 0.717) is 28.4 Å². The van der Waals surface area contributed by atoms with Crippen LogP contribution in [0.3, 0.4) is 0 Å². The average Bonchev–Trinajstić information content (AvgIpc) is 3.07. The molecule has 3 aromatic rings. The van der Waals surface area contributed by atoms with Crippen molar-refractivity contribution in [3.05, 3.63) is 66.0 Å². The maximum absolute atomic E-state index is 13.2. The highest BCUT2D eigenvalue weighted by molar-refractivity contribution is 5.95. The summed E-state index contributed by atoms with van der Waals surface area (Å²) in [6, 6.07) is 10.4. The molecule has 2 aromatic carbocycles. The molecule has 0 radical (unpaired) electrons. The van der Waals surface area contributed by atoms with E-state index in [1.54, 1.807) is 36.0 Å². The quantitative estimate of drug-likeness (QED) is 0.679. The Labute approximate surface area is 163 Å². The van der Waals surface area contributed by atoms with Gasteiger partial charge in [-0.1, -0.05) is 26.0 Å². The Balaban J connectivity index is 1.86. The van der Waals surface area contributed by atoms with Crippen LogP contribution in [0, 0.1) is 11.7 Å². The first-order valence-electron chi connectivity index (χ1n) is 9.09. The molecule has 6 nitrogen and oxygen atoms in total. The van der Waals surface area contributed by atoms with Gasteiger partial charge < -0.3 is 10.4 Å². The number of hydrogen-bond donors (Lipinski definition) is 2. The fourth-order valence-electron chi connectivity index (χ4n) is 3.14. The van der Waals surface area contributed by atoms with Gasteiger partial charge in [0.05, 0.1) is 6.04 Å². The second-order valence-corrected chi connectivity index (χ2v) is 7.14. The van der Waals surface area contributed by atoms with Crippen molar-refractivity contribution >= 4 is 5.91 Å². The van der Waals surface area contributed by atoms with Crippen molar-refractivity contribution in [3.8, 4) is 16.9 Å². The Kier molecular flexibility index (Phi) is 5.73. The monoisotopic (exact) mass is 382 g/mol. The minimum Gasteiger partial charge on any atom is -0.507 e. The summed E-state index contributed by atoms with van der Waals surface area (Å²) in [5, 5.41) is 17.1. The number of hydrogen-bond acceptors (Lipinski definition) is 4. The minimum absolute atomic E-state index is 0.172. The molecule has 3 rings (SSSR count). The van der Waals surface area contributed by atoms with Crippen LogP contribution in [0.25, 0.3) is 11.1 Å². The van der Waals surface area contributed by atoms with Crippen LogP contribution < -0.4 is 5.32 Å². The zero-order valence-corrected chi connectivity index (χ0v) is 16.1. The molecule has 1 amide bonds. The standard InChI is InChI=1S/C21H23FN4O2/c1-13(2)9-18(20-23-12-24-26(20)3)25-21(28)15-6-4-5-14(10-15)17-8-7-16(22)11-19(17)27/h4-8,10-13,18,27H,9H2,1-3H3,(H,25,28)/t18-/m1/s1. The second kappa shape index (κ2) is 8.21. The van der Waals surface area contributed by atoms with E-state index in [1.807, 2.05) is 0 Å². The van der Waals surface area contributed by atoms with Crippen molar-refractivity contribution in [2.75, 3.05) is 0 Å². The first-order chi connectivity index (χ1) is 13.3. The van der Waals surface area contributed by atoms with Gasteiger partial charge in [-0.3, -0.25) is 9.48 Å². The lowest BCUT2D eigenvalue weighted by molar-refractivity contribution is 0.0929. The number of rotatable bonds is 6. The van der Waals surface area contributed by atoms with Crippen molar-refractivity contribution in [1.29, 1.82) is 0 Å². The van der Waals surface area contributed by atoms with Crippen molar-refractivity contribution in [3.63, 3.8) is 0 Å². The summed E-state index contributed by atoms with van der Waals surface area (Å²) in [6.45, 7) is 4.15. The summed E-state index contributed by atoms with van der Waals surface area (Å²) >= 11 is 0. The molecule has 0 fully saturated rings. The van der Waals surface area contributed by atoms with Crippen LogP contribution in [0.4, 0.5) is 4.39 Å². The van der Waals surface area contributed by atoms with Gasteiger partial charge >= 0.3 is 0 Å². The predicted molar refractivity (Wildman–Crippen MR) is 104 cm³/mol. The van der Waals surface area contributed by atoms with Gasteiger partial charge in [0, 0.05) is 24.2 Å². The third-order valence-corrected chi connectivity index (χ3v) is 4.47. The van der Waals surface area contributed by atoms with E-state index in [-0.39, 0.29) is 17.7 Å². The number of nitrogens with one attached hydrogen (secondary N) is 1. The summed E-state index contributed by atoms with van der Waals surface area (Å²) in [6.07, 6.45) is 2.18. The molecule has 0 unspecified atom stereocenters. The number of carbonyl (C=O) groups excluding carboxylic acids is 1. The lowest BCUT2D eigenvalue weighted by atomic mass is 10.0. The molecule has 0 spiro atoms. The Morgan fingerprint density at radius 2 is 2.04 bits per heavy atom. The van der Waals surface area contributed by atoms with E-state index in [1.165, 1.54) is 18.5 Å². The number of aryl methyl sites for hydroxylation is 1. The predicted octanol–water partition coefficient (Wildman–Crippen LogP) is 3.84. The number of aromatic nitrogens is 3. The summed E-state index contributed by atoms with van der Waals surface area (Å²) in [5.74, 6) is 0.0978. The summed E-state index contributed by atoms with van der Waals surface area (Å²) in [5.41, 5.74) is 1.53. The van der Waals surface area contributed by atoms with Crippen LogP contribution in [0.15, 0.2) is 48.8 Å². The SMILES string of the molecule is CC(C)C[C@@H](NC(=O)c1cccc(-c2ccc(F)cc2O)c1)c1ncnn1C. The zero-order valence-electron chi connectivity index (χ0n) is 16.1. The molecule has 0 saturated heterocycles. The van der Waals surface area contributed by atoms with Gasteiger partial charge in [0.15, 0.2) is 0 Å². The van der Waals surface area contributed by atoms with Crippen LogP contribution in [0.5, 0.6) is 5.75 Å². The summed E-state index contributed by atoms with van der Waals surface area (Å²) in [7, 11) is 1.79. The Morgan fingerprint density at radius 3 is 2.68 bits per heavy atom. The molecule has 0 aliphatic rings. The average molecular weight is 382 g/mol. The molecule has 146 valence electrons. The van der Waals surface area contributed by atoms with Crippen LogP contribution in [0.2, 0.25) is 0 Å². The van der Waals surface area contributed by atoms with Gasteiger partial charge in [-0.15, -0.1) is 0 Å². The fraction of sp³-hybridized carbons (Fsp3) is 0.286. The largest absolute Gasteiger partial charge is 0.507 e. The van der Waals surface area contributed by atoms with Gasteiger partial charge in [-0.2, -0.15) is 5.10 Å². The highest BCUT2D eigenvalue weighted by Gasteiger charge is 2.21. The Bertz CT molecular complexity index is 984.